The van der Waals surface area contributed by atoms with Crippen LogP contribution in [-0.4, -0.2) is 24.2 Å². The topological polar surface area (TPSA) is 56.3 Å². The van der Waals surface area contributed by atoms with E-state index in [2.05, 4.69) is 61.2 Å². The summed E-state index contributed by atoms with van der Waals surface area (Å²) in [7, 11) is 3.21. The summed E-state index contributed by atoms with van der Waals surface area (Å²) in [5, 5.41) is 4.54. The van der Waals surface area contributed by atoms with E-state index in [1.807, 2.05) is 12.1 Å². The Labute approximate surface area is 171 Å². The Bertz CT molecular complexity index is 976. The van der Waals surface area contributed by atoms with Gasteiger partial charge in [0, 0.05) is 17.1 Å². The molecule has 6 heteroatoms. The van der Waals surface area contributed by atoms with E-state index in [0.717, 1.165) is 11.1 Å². The second-order valence-corrected chi connectivity index (χ2v) is 7.65. The predicted molar refractivity (Wildman–Crippen MR) is 116 cm³/mol. The molecule has 1 N–H and O–H groups in total. The van der Waals surface area contributed by atoms with Crippen molar-refractivity contribution in [2.45, 2.75) is 39.5 Å². The van der Waals surface area contributed by atoms with Gasteiger partial charge in [0.05, 0.1) is 19.7 Å². The van der Waals surface area contributed by atoms with Gasteiger partial charge in [0.2, 0.25) is 5.28 Å². The van der Waals surface area contributed by atoms with Gasteiger partial charge in [-0.05, 0) is 40.6 Å². The molecule has 0 amide bonds. The molecule has 148 valence electrons. The first-order chi connectivity index (χ1) is 13.3. The van der Waals surface area contributed by atoms with Crippen molar-refractivity contribution in [3.8, 4) is 11.5 Å². The van der Waals surface area contributed by atoms with Crippen molar-refractivity contribution < 1.29 is 9.47 Å². The molecule has 0 aliphatic rings. The van der Waals surface area contributed by atoms with Crippen LogP contribution in [0.1, 0.15) is 50.7 Å². The highest BCUT2D eigenvalue weighted by Crippen LogP contribution is 2.38. The number of anilines is 2. The van der Waals surface area contributed by atoms with Gasteiger partial charge in [-0.25, -0.2) is 4.98 Å². The van der Waals surface area contributed by atoms with Gasteiger partial charge >= 0.3 is 0 Å². The first-order valence-corrected chi connectivity index (χ1v) is 9.72. The summed E-state index contributed by atoms with van der Waals surface area (Å²) in [4.78, 5) is 8.83. The summed E-state index contributed by atoms with van der Waals surface area (Å²) < 4.78 is 10.9. The van der Waals surface area contributed by atoms with Gasteiger partial charge in [0.1, 0.15) is 5.82 Å². The van der Waals surface area contributed by atoms with Crippen LogP contribution in [0.4, 0.5) is 11.5 Å². The Morgan fingerprint density at radius 2 is 1.46 bits per heavy atom. The smallest absolute Gasteiger partial charge is 0.224 e. The molecule has 5 nitrogen and oxygen atoms in total. The number of nitrogens with zero attached hydrogens (tertiary/aromatic N) is 2. The molecule has 0 saturated heterocycles. The van der Waals surface area contributed by atoms with E-state index >= 15 is 0 Å². The molecule has 0 spiro atoms. The zero-order valence-corrected chi connectivity index (χ0v) is 17.9. The maximum atomic E-state index is 6.23. The van der Waals surface area contributed by atoms with E-state index in [-0.39, 0.29) is 5.28 Å². The molecule has 28 heavy (non-hydrogen) atoms. The molecule has 0 aliphatic carbocycles. The van der Waals surface area contributed by atoms with Crippen molar-refractivity contribution in [3.63, 3.8) is 0 Å². The first-order valence-electron chi connectivity index (χ1n) is 9.34. The number of hydrogen-bond acceptors (Lipinski definition) is 5. The van der Waals surface area contributed by atoms with Crippen molar-refractivity contribution in [2.24, 2.45) is 0 Å². The Morgan fingerprint density at radius 3 is 2.00 bits per heavy atom. The number of methoxy groups -OCH3 is 2. The zero-order valence-electron chi connectivity index (χ0n) is 17.1. The number of fused-ring (bicyclic) bond motifs is 1. The highest BCUT2D eigenvalue weighted by Gasteiger charge is 2.18. The minimum atomic E-state index is 0.176. The zero-order chi connectivity index (χ0) is 20.4. The highest BCUT2D eigenvalue weighted by molar-refractivity contribution is 6.28. The van der Waals surface area contributed by atoms with Crippen molar-refractivity contribution in [1.82, 2.24) is 9.97 Å². The van der Waals surface area contributed by atoms with Crippen LogP contribution in [0.15, 0.2) is 30.3 Å². The third-order valence-corrected chi connectivity index (χ3v) is 4.96. The molecule has 0 aliphatic heterocycles. The highest BCUT2D eigenvalue weighted by atomic mass is 35.5. The molecular weight excluding hydrogens is 374 g/mol. The van der Waals surface area contributed by atoms with Crippen LogP contribution >= 0.6 is 11.6 Å². The molecule has 3 rings (SSSR count). The maximum absolute atomic E-state index is 6.23. The lowest BCUT2D eigenvalue weighted by Gasteiger charge is -2.21. The average Bonchev–Trinajstić information content (AvgIpc) is 2.66. The molecule has 0 bridgehead atoms. The summed E-state index contributed by atoms with van der Waals surface area (Å²) >= 11 is 6.23. The molecule has 0 atom stereocenters. The molecule has 0 saturated carbocycles. The van der Waals surface area contributed by atoms with Crippen LogP contribution in [0.3, 0.4) is 0 Å². The number of halogens is 1. The van der Waals surface area contributed by atoms with Crippen LogP contribution in [0.2, 0.25) is 5.28 Å². The number of ether oxygens (including phenoxy) is 2. The Hall–Kier alpha value is -2.53. The summed E-state index contributed by atoms with van der Waals surface area (Å²) in [6.45, 7) is 8.74. The molecule has 0 radical (unpaired) electrons. The molecule has 1 heterocycles. The van der Waals surface area contributed by atoms with Gasteiger partial charge in [0.15, 0.2) is 11.5 Å². The number of rotatable bonds is 6. The summed E-state index contributed by atoms with van der Waals surface area (Å²) in [5.74, 6) is 2.58. The van der Waals surface area contributed by atoms with E-state index in [1.165, 1.54) is 11.1 Å². The molecule has 2 aromatic carbocycles. The summed E-state index contributed by atoms with van der Waals surface area (Å²) in [5.41, 5.74) is 4.22. The number of nitrogens with one attached hydrogen (secondary N) is 1. The molecule has 3 aromatic rings. The van der Waals surface area contributed by atoms with Gasteiger partial charge in [-0.2, -0.15) is 4.98 Å². The molecule has 0 unspecified atom stereocenters. The fraction of sp³-hybridized carbons (Fsp3) is 0.364. The summed E-state index contributed by atoms with van der Waals surface area (Å²) in [6.07, 6.45) is 0. The Kier molecular flexibility index (Phi) is 5.94. The second kappa shape index (κ2) is 8.23. The van der Waals surface area contributed by atoms with Crippen molar-refractivity contribution in [2.75, 3.05) is 19.5 Å². The summed E-state index contributed by atoms with van der Waals surface area (Å²) in [6, 6.07) is 10.1. The largest absolute Gasteiger partial charge is 0.493 e. The average molecular weight is 400 g/mol. The maximum Gasteiger partial charge on any atom is 0.224 e. The second-order valence-electron chi connectivity index (χ2n) is 7.31. The van der Waals surface area contributed by atoms with Crippen LogP contribution in [0.25, 0.3) is 10.9 Å². The normalized spacial score (nSPS) is 11.3. The van der Waals surface area contributed by atoms with Crippen LogP contribution in [0.5, 0.6) is 11.5 Å². The van der Waals surface area contributed by atoms with E-state index < -0.39 is 0 Å². The van der Waals surface area contributed by atoms with E-state index in [0.29, 0.717) is 34.7 Å². The molecular formula is C22H26ClN3O2. The van der Waals surface area contributed by atoms with E-state index in [4.69, 9.17) is 21.1 Å². The fourth-order valence-electron chi connectivity index (χ4n) is 3.34. The lowest BCUT2D eigenvalue weighted by Crippen LogP contribution is -2.06. The number of para-hydroxylation sites is 1. The van der Waals surface area contributed by atoms with Gasteiger partial charge in [-0.15, -0.1) is 0 Å². The molecule has 0 fully saturated rings. The minimum Gasteiger partial charge on any atom is -0.493 e. The van der Waals surface area contributed by atoms with Crippen molar-refractivity contribution >= 4 is 34.0 Å². The Balaban J connectivity index is 2.23. The van der Waals surface area contributed by atoms with Crippen LogP contribution in [-0.2, 0) is 0 Å². The lowest BCUT2D eigenvalue weighted by atomic mass is 9.92. The quantitative estimate of drug-likeness (QED) is 0.493. The van der Waals surface area contributed by atoms with Gasteiger partial charge in [-0.3, -0.25) is 0 Å². The SMILES string of the molecule is COc1cc2nc(Cl)nc(Nc3c(C(C)C)cccc3C(C)C)c2cc1OC. The van der Waals surface area contributed by atoms with E-state index in [1.54, 1.807) is 14.2 Å². The predicted octanol–water partition coefficient (Wildman–Crippen LogP) is 6.29. The van der Waals surface area contributed by atoms with Crippen molar-refractivity contribution in [3.05, 3.63) is 46.7 Å². The van der Waals surface area contributed by atoms with Crippen LogP contribution < -0.4 is 14.8 Å². The monoisotopic (exact) mass is 399 g/mol. The number of benzene rings is 2. The van der Waals surface area contributed by atoms with Gasteiger partial charge in [-0.1, -0.05) is 45.9 Å². The van der Waals surface area contributed by atoms with Gasteiger partial charge in [0.25, 0.3) is 0 Å². The van der Waals surface area contributed by atoms with Crippen molar-refractivity contribution in [1.29, 1.82) is 0 Å². The fourth-order valence-corrected chi connectivity index (χ4v) is 3.51. The Morgan fingerprint density at radius 1 is 0.893 bits per heavy atom. The van der Waals surface area contributed by atoms with Crippen LogP contribution in [0, 0.1) is 0 Å². The standard InChI is InChI=1S/C22H26ClN3O2/c1-12(2)14-8-7-9-15(13(3)4)20(14)25-21-16-10-18(27-5)19(28-6)11-17(16)24-22(23)26-21/h7-13H,1-6H3,(H,24,25,26). The number of aromatic nitrogens is 2. The van der Waals surface area contributed by atoms with E-state index in [9.17, 15) is 0 Å². The minimum absolute atomic E-state index is 0.176. The third kappa shape index (κ3) is 3.85. The molecule has 1 aromatic heterocycles. The number of hydrogen-bond donors (Lipinski definition) is 1. The van der Waals surface area contributed by atoms with Gasteiger partial charge < -0.3 is 14.8 Å². The lowest BCUT2D eigenvalue weighted by molar-refractivity contribution is 0.356. The third-order valence-electron chi connectivity index (χ3n) is 4.79. The first kappa shape index (κ1) is 20.2.